The zero-order chi connectivity index (χ0) is 24.5. The number of rotatable bonds is 6. The summed E-state index contributed by atoms with van der Waals surface area (Å²) >= 11 is 0. The Kier molecular flexibility index (Phi) is 5.55. The minimum Gasteiger partial charge on any atom is -0.497 e. The molecule has 0 amide bonds. The highest BCUT2D eigenvalue weighted by Crippen LogP contribution is 2.37. The number of allylic oxidation sites excluding steroid dienone is 1. The number of carbonyl (C=O) groups is 1. The van der Waals surface area contributed by atoms with Gasteiger partial charge >= 0.3 is 0 Å². The maximum absolute atomic E-state index is 13.2. The number of hydrogen-bond acceptors (Lipinski definition) is 3. The molecule has 0 atom stereocenters. The minimum absolute atomic E-state index is 0.0321. The number of benzene rings is 4. The molecule has 174 valence electrons. The van der Waals surface area contributed by atoms with Gasteiger partial charge in [-0.1, -0.05) is 54.6 Å². The second-order valence-electron chi connectivity index (χ2n) is 8.85. The van der Waals surface area contributed by atoms with Gasteiger partial charge in [0.05, 0.1) is 18.5 Å². The number of aromatic nitrogens is 2. The third kappa shape index (κ3) is 4.03. The first-order chi connectivity index (χ1) is 17.7. The zero-order valence-corrected chi connectivity index (χ0v) is 19.9. The third-order valence-corrected chi connectivity index (χ3v) is 6.62. The molecule has 5 aromatic rings. The molecule has 0 bridgehead atoms. The van der Waals surface area contributed by atoms with Gasteiger partial charge in [0, 0.05) is 22.9 Å². The molecule has 36 heavy (non-hydrogen) atoms. The van der Waals surface area contributed by atoms with Gasteiger partial charge < -0.3 is 4.74 Å². The zero-order valence-electron chi connectivity index (χ0n) is 19.9. The van der Waals surface area contributed by atoms with Crippen molar-refractivity contribution in [3.63, 3.8) is 0 Å². The Morgan fingerprint density at radius 2 is 1.61 bits per heavy atom. The predicted molar refractivity (Wildman–Crippen MR) is 144 cm³/mol. The summed E-state index contributed by atoms with van der Waals surface area (Å²) in [6.45, 7) is 0. The van der Waals surface area contributed by atoms with Gasteiger partial charge in [-0.15, -0.1) is 0 Å². The maximum atomic E-state index is 13.2. The van der Waals surface area contributed by atoms with Gasteiger partial charge in [0.2, 0.25) is 0 Å². The topological polar surface area (TPSA) is 44.1 Å². The van der Waals surface area contributed by atoms with Crippen LogP contribution in [0.3, 0.4) is 0 Å². The molecule has 0 fully saturated rings. The number of methoxy groups -OCH3 is 1. The van der Waals surface area contributed by atoms with Gasteiger partial charge in [0.1, 0.15) is 5.75 Å². The average Bonchev–Trinajstić information content (AvgIpc) is 3.53. The van der Waals surface area contributed by atoms with Crippen LogP contribution in [0.1, 0.15) is 27.0 Å². The Morgan fingerprint density at radius 3 is 2.42 bits per heavy atom. The van der Waals surface area contributed by atoms with Crippen molar-refractivity contribution in [2.45, 2.75) is 6.42 Å². The van der Waals surface area contributed by atoms with E-state index in [-0.39, 0.29) is 5.78 Å². The first kappa shape index (κ1) is 21.8. The molecular formula is C32H24N2O2. The van der Waals surface area contributed by atoms with E-state index in [9.17, 15) is 4.79 Å². The lowest BCUT2D eigenvalue weighted by Gasteiger charge is -2.04. The fourth-order valence-electron chi connectivity index (χ4n) is 4.73. The van der Waals surface area contributed by atoms with Crippen LogP contribution in [-0.2, 0) is 6.42 Å². The Balaban J connectivity index is 1.35. The quantitative estimate of drug-likeness (QED) is 0.195. The van der Waals surface area contributed by atoms with Crippen LogP contribution in [0.5, 0.6) is 5.75 Å². The Labute approximate surface area is 210 Å². The number of hydrogen-bond donors (Lipinski definition) is 0. The van der Waals surface area contributed by atoms with E-state index in [1.807, 2.05) is 89.8 Å². The maximum Gasteiger partial charge on any atom is 0.185 e. The first-order valence-electron chi connectivity index (χ1n) is 11.9. The van der Waals surface area contributed by atoms with Gasteiger partial charge in [-0.05, 0) is 83.3 Å². The molecule has 0 unspecified atom stereocenters. The molecule has 4 heteroatoms. The average molecular weight is 469 g/mol. The van der Waals surface area contributed by atoms with Crippen molar-refractivity contribution >= 4 is 11.9 Å². The molecule has 0 spiro atoms. The fourth-order valence-corrected chi connectivity index (χ4v) is 4.73. The van der Waals surface area contributed by atoms with Crippen LogP contribution in [0, 0.1) is 0 Å². The van der Waals surface area contributed by atoms with Crippen LogP contribution < -0.4 is 4.74 Å². The fraction of sp³-hybridized carbons (Fsp3) is 0.0625. The number of ketones is 1. The molecule has 0 saturated heterocycles. The highest BCUT2D eigenvalue weighted by atomic mass is 16.5. The highest BCUT2D eigenvalue weighted by Gasteiger charge is 2.19. The molecule has 1 aromatic heterocycles. The number of fused-ring (bicyclic) bond motifs is 3. The molecule has 4 nitrogen and oxygen atoms in total. The molecule has 6 rings (SSSR count). The number of carbonyl (C=O) groups excluding carboxylic acids is 1. The highest BCUT2D eigenvalue weighted by molar-refractivity contribution is 6.08. The Bertz CT molecular complexity index is 1600. The summed E-state index contributed by atoms with van der Waals surface area (Å²) in [5.74, 6) is 0.752. The van der Waals surface area contributed by atoms with E-state index in [1.54, 1.807) is 13.2 Å². The summed E-state index contributed by atoms with van der Waals surface area (Å²) in [5.41, 5.74) is 9.20. The Morgan fingerprint density at radius 1 is 0.861 bits per heavy atom. The van der Waals surface area contributed by atoms with Crippen LogP contribution in [0.25, 0.3) is 34.1 Å². The van der Waals surface area contributed by atoms with Gasteiger partial charge in [0.25, 0.3) is 0 Å². The van der Waals surface area contributed by atoms with Gasteiger partial charge in [-0.25, -0.2) is 4.68 Å². The summed E-state index contributed by atoms with van der Waals surface area (Å²) in [7, 11) is 1.65. The van der Waals surface area contributed by atoms with Crippen molar-refractivity contribution in [3.05, 3.63) is 132 Å². The number of para-hydroxylation sites is 1. The monoisotopic (exact) mass is 468 g/mol. The van der Waals surface area contributed by atoms with Crippen molar-refractivity contribution in [3.8, 4) is 33.8 Å². The van der Waals surface area contributed by atoms with E-state index < -0.39 is 0 Å². The van der Waals surface area contributed by atoms with E-state index >= 15 is 0 Å². The van der Waals surface area contributed by atoms with E-state index in [2.05, 4.69) is 24.3 Å². The van der Waals surface area contributed by atoms with Crippen molar-refractivity contribution in [2.24, 2.45) is 0 Å². The smallest absolute Gasteiger partial charge is 0.185 e. The molecule has 0 aliphatic heterocycles. The largest absolute Gasteiger partial charge is 0.497 e. The summed E-state index contributed by atoms with van der Waals surface area (Å²) in [6, 6.07) is 32.2. The molecular weight excluding hydrogens is 444 g/mol. The number of nitrogens with zero attached hydrogens (tertiary/aromatic N) is 2. The molecule has 0 N–H and O–H groups in total. The van der Waals surface area contributed by atoms with Crippen LogP contribution in [-0.4, -0.2) is 22.7 Å². The lowest BCUT2D eigenvalue weighted by atomic mass is 10.0. The summed E-state index contributed by atoms with van der Waals surface area (Å²) in [6.07, 6.45) is 6.37. The van der Waals surface area contributed by atoms with E-state index in [0.717, 1.165) is 40.2 Å². The molecule has 1 aliphatic rings. The second-order valence-corrected chi connectivity index (χ2v) is 8.85. The van der Waals surface area contributed by atoms with Crippen LogP contribution >= 0.6 is 0 Å². The van der Waals surface area contributed by atoms with E-state index in [0.29, 0.717) is 5.56 Å². The SMILES string of the molecule is COc1ccc(-c2nn(-c3ccccc3)cc2C=CC(=O)c2ccc3c(c2)-c2ccccc2C3)cc1. The van der Waals surface area contributed by atoms with Crippen molar-refractivity contribution in [2.75, 3.05) is 7.11 Å². The molecule has 1 heterocycles. The van der Waals surface area contributed by atoms with Gasteiger partial charge in [-0.2, -0.15) is 5.10 Å². The normalized spacial score (nSPS) is 11.9. The molecule has 1 aliphatic carbocycles. The molecule has 0 saturated carbocycles. The van der Waals surface area contributed by atoms with Gasteiger partial charge in [-0.3, -0.25) is 4.79 Å². The number of ether oxygens (including phenoxy) is 1. The summed E-state index contributed by atoms with van der Waals surface area (Å²) in [4.78, 5) is 13.2. The van der Waals surface area contributed by atoms with E-state index in [1.165, 1.54) is 16.7 Å². The predicted octanol–water partition coefficient (Wildman–Crippen LogP) is 7.02. The van der Waals surface area contributed by atoms with Crippen LogP contribution in [0.2, 0.25) is 0 Å². The second kappa shape index (κ2) is 9.16. The van der Waals surface area contributed by atoms with Gasteiger partial charge in [0.15, 0.2) is 5.78 Å². The Hall–Kier alpha value is -4.70. The standard InChI is InChI=1S/C32H24N2O2/c1-36-28-16-13-22(14-17-28)32-26(21-34(33-32)27-8-3-2-4-9-27)15-18-31(35)25-12-11-24-19-23-7-5-6-10-29(23)30(24)20-25/h2-18,20-21H,19H2,1H3. The molecule has 0 radical (unpaired) electrons. The van der Waals surface area contributed by atoms with Crippen molar-refractivity contribution < 1.29 is 9.53 Å². The van der Waals surface area contributed by atoms with Crippen molar-refractivity contribution in [1.82, 2.24) is 9.78 Å². The minimum atomic E-state index is -0.0321. The first-order valence-corrected chi connectivity index (χ1v) is 11.9. The van der Waals surface area contributed by atoms with Crippen molar-refractivity contribution in [1.29, 1.82) is 0 Å². The third-order valence-electron chi connectivity index (χ3n) is 6.62. The lowest BCUT2D eigenvalue weighted by molar-refractivity contribution is 0.104. The molecule has 4 aromatic carbocycles. The van der Waals surface area contributed by atoms with Crippen LogP contribution in [0.4, 0.5) is 0 Å². The summed E-state index contributed by atoms with van der Waals surface area (Å²) in [5, 5.41) is 4.84. The lowest BCUT2D eigenvalue weighted by Crippen LogP contribution is -1.95. The van der Waals surface area contributed by atoms with Crippen LogP contribution in [0.15, 0.2) is 109 Å². The summed E-state index contributed by atoms with van der Waals surface area (Å²) < 4.78 is 7.15. The van der Waals surface area contributed by atoms with E-state index in [4.69, 9.17) is 9.84 Å².